The quantitative estimate of drug-likeness (QED) is 0.822. The van der Waals surface area contributed by atoms with Gasteiger partial charge in [-0.25, -0.2) is 0 Å². The smallest absolute Gasteiger partial charge is 0.0484 e. The van der Waals surface area contributed by atoms with Gasteiger partial charge in [-0.2, -0.15) is 0 Å². The van der Waals surface area contributed by atoms with Gasteiger partial charge in [0, 0.05) is 34.7 Å². The molecule has 108 valence electrons. The van der Waals surface area contributed by atoms with Crippen molar-refractivity contribution in [1.29, 1.82) is 0 Å². The predicted octanol–water partition coefficient (Wildman–Crippen LogP) is 4.47. The molecule has 2 N–H and O–H groups in total. The van der Waals surface area contributed by atoms with Crippen LogP contribution in [0.1, 0.15) is 39.3 Å². The molecule has 1 aromatic carbocycles. The molecule has 0 spiro atoms. The molecule has 1 unspecified atom stereocenters. The van der Waals surface area contributed by atoms with Gasteiger partial charge in [0.05, 0.1) is 0 Å². The molecule has 0 aliphatic rings. The Morgan fingerprint density at radius 2 is 1.89 bits per heavy atom. The molecule has 0 amide bonds. The Hall–Kier alpha value is -0.0900. The minimum Gasteiger partial charge on any atom is -0.329 e. The first-order chi connectivity index (χ1) is 8.86. The molecule has 0 heterocycles. The van der Waals surface area contributed by atoms with E-state index in [1.807, 2.05) is 18.2 Å². The summed E-state index contributed by atoms with van der Waals surface area (Å²) in [7, 11) is 0. The standard InChI is InChI=1S/C15H24BrClN2/c1-10(2)9-19(11(3)4)15(8-18)13-7-12(17)5-6-14(13)16/h5-7,10-11,15H,8-9,18H2,1-4H3. The minimum atomic E-state index is 0.190. The Labute approximate surface area is 130 Å². The Morgan fingerprint density at radius 1 is 1.26 bits per heavy atom. The lowest BCUT2D eigenvalue weighted by Crippen LogP contribution is -2.41. The van der Waals surface area contributed by atoms with Crippen LogP contribution in [0.2, 0.25) is 5.02 Å². The molecule has 0 saturated heterocycles. The average Bonchev–Trinajstić information content (AvgIpc) is 2.32. The summed E-state index contributed by atoms with van der Waals surface area (Å²) in [6, 6.07) is 6.54. The van der Waals surface area contributed by atoms with Crippen LogP contribution in [0.4, 0.5) is 0 Å². The second-order valence-corrected chi connectivity index (χ2v) is 6.89. The molecule has 4 heteroatoms. The van der Waals surface area contributed by atoms with Crippen LogP contribution < -0.4 is 5.73 Å². The van der Waals surface area contributed by atoms with Crippen LogP contribution in [0, 0.1) is 5.92 Å². The highest BCUT2D eigenvalue weighted by Gasteiger charge is 2.24. The fraction of sp³-hybridized carbons (Fsp3) is 0.600. The third kappa shape index (κ3) is 4.75. The summed E-state index contributed by atoms with van der Waals surface area (Å²) in [6.07, 6.45) is 0. The molecule has 0 aliphatic heterocycles. The zero-order chi connectivity index (χ0) is 14.6. The maximum atomic E-state index is 6.13. The maximum absolute atomic E-state index is 6.13. The Morgan fingerprint density at radius 3 is 2.37 bits per heavy atom. The summed E-state index contributed by atoms with van der Waals surface area (Å²) in [4.78, 5) is 2.45. The molecule has 0 radical (unpaired) electrons. The van der Waals surface area contributed by atoms with Crippen molar-refractivity contribution in [2.45, 2.75) is 39.8 Å². The summed E-state index contributed by atoms with van der Waals surface area (Å²) in [5.74, 6) is 0.606. The van der Waals surface area contributed by atoms with Gasteiger partial charge in [-0.1, -0.05) is 41.4 Å². The van der Waals surface area contributed by atoms with E-state index in [1.165, 1.54) is 5.56 Å². The predicted molar refractivity (Wildman–Crippen MR) is 87.6 cm³/mol. The summed E-state index contributed by atoms with van der Waals surface area (Å²) >= 11 is 9.74. The lowest BCUT2D eigenvalue weighted by molar-refractivity contribution is 0.138. The van der Waals surface area contributed by atoms with E-state index in [9.17, 15) is 0 Å². The number of benzene rings is 1. The van der Waals surface area contributed by atoms with Gasteiger partial charge >= 0.3 is 0 Å². The first-order valence-corrected chi connectivity index (χ1v) is 7.94. The zero-order valence-electron chi connectivity index (χ0n) is 12.2. The van der Waals surface area contributed by atoms with Crippen molar-refractivity contribution in [3.63, 3.8) is 0 Å². The van der Waals surface area contributed by atoms with Crippen LogP contribution in [0.15, 0.2) is 22.7 Å². The largest absolute Gasteiger partial charge is 0.329 e. The summed E-state index contributed by atoms with van der Waals surface area (Å²) in [5, 5.41) is 0.755. The van der Waals surface area contributed by atoms with E-state index < -0.39 is 0 Å². The summed E-state index contributed by atoms with van der Waals surface area (Å²) < 4.78 is 1.07. The molecular weight excluding hydrogens is 324 g/mol. The van der Waals surface area contributed by atoms with Crippen LogP contribution >= 0.6 is 27.5 Å². The Balaban J connectivity index is 3.11. The molecule has 1 atom stereocenters. The number of rotatable bonds is 6. The molecular formula is C15H24BrClN2. The average molecular weight is 348 g/mol. The molecule has 1 aromatic rings. The van der Waals surface area contributed by atoms with Gasteiger partial charge in [0.25, 0.3) is 0 Å². The monoisotopic (exact) mass is 346 g/mol. The highest BCUT2D eigenvalue weighted by Crippen LogP contribution is 2.31. The van der Waals surface area contributed by atoms with Gasteiger partial charge < -0.3 is 5.73 Å². The van der Waals surface area contributed by atoms with Gasteiger partial charge in [0.2, 0.25) is 0 Å². The van der Waals surface area contributed by atoms with Gasteiger partial charge in [0.1, 0.15) is 0 Å². The lowest BCUT2D eigenvalue weighted by atomic mass is 10.0. The number of hydrogen-bond donors (Lipinski definition) is 1. The van der Waals surface area contributed by atoms with Gasteiger partial charge in [-0.3, -0.25) is 4.90 Å². The number of nitrogens with zero attached hydrogens (tertiary/aromatic N) is 1. The Bertz CT molecular complexity index is 407. The van der Waals surface area contributed by atoms with Crippen LogP contribution in [-0.2, 0) is 0 Å². The number of hydrogen-bond acceptors (Lipinski definition) is 2. The van der Waals surface area contributed by atoms with Crippen LogP contribution in [-0.4, -0.2) is 24.0 Å². The fourth-order valence-electron chi connectivity index (χ4n) is 2.33. The molecule has 19 heavy (non-hydrogen) atoms. The molecule has 0 fully saturated rings. The molecule has 2 nitrogen and oxygen atoms in total. The van der Waals surface area contributed by atoms with Crippen molar-refractivity contribution in [3.8, 4) is 0 Å². The SMILES string of the molecule is CC(C)CN(C(C)C)C(CN)c1cc(Cl)ccc1Br. The van der Waals surface area contributed by atoms with Crippen LogP contribution in [0.25, 0.3) is 0 Å². The lowest BCUT2D eigenvalue weighted by Gasteiger charge is -2.36. The molecule has 0 aromatic heterocycles. The third-order valence-electron chi connectivity index (χ3n) is 3.18. The van der Waals surface area contributed by atoms with Crippen LogP contribution in [0.3, 0.4) is 0 Å². The van der Waals surface area contributed by atoms with Crippen LogP contribution in [0.5, 0.6) is 0 Å². The van der Waals surface area contributed by atoms with E-state index in [4.69, 9.17) is 17.3 Å². The first kappa shape index (κ1) is 17.0. The van der Waals surface area contributed by atoms with E-state index >= 15 is 0 Å². The van der Waals surface area contributed by atoms with Crippen molar-refractivity contribution in [2.75, 3.05) is 13.1 Å². The highest BCUT2D eigenvalue weighted by molar-refractivity contribution is 9.10. The van der Waals surface area contributed by atoms with Crippen molar-refractivity contribution in [3.05, 3.63) is 33.3 Å². The molecule has 1 rings (SSSR count). The second kappa shape index (κ2) is 7.63. The third-order valence-corrected chi connectivity index (χ3v) is 4.14. The summed E-state index contributed by atoms with van der Waals surface area (Å²) in [5.41, 5.74) is 7.20. The van der Waals surface area contributed by atoms with E-state index in [0.717, 1.165) is 16.0 Å². The molecule has 0 saturated carbocycles. The Kier molecular flexibility index (Phi) is 6.81. The maximum Gasteiger partial charge on any atom is 0.0484 e. The van der Waals surface area contributed by atoms with Gasteiger partial charge in [-0.05, 0) is 43.5 Å². The van der Waals surface area contributed by atoms with E-state index in [2.05, 4.69) is 48.5 Å². The van der Waals surface area contributed by atoms with Crippen molar-refractivity contribution in [2.24, 2.45) is 11.7 Å². The number of halogens is 2. The second-order valence-electron chi connectivity index (χ2n) is 5.60. The zero-order valence-corrected chi connectivity index (χ0v) is 14.5. The van der Waals surface area contributed by atoms with E-state index in [0.29, 0.717) is 18.5 Å². The first-order valence-electron chi connectivity index (χ1n) is 6.77. The molecule has 0 bridgehead atoms. The minimum absolute atomic E-state index is 0.190. The van der Waals surface area contributed by atoms with Crippen molar-refractivity contribution in [1.82, 2.24) is 4.90 Å². The van der Waals surface area contributed by atoms with Gasteiger partial charge in [0.15, 0.2) is 0 Å². The molecule has 0 aliphatic carbocycles. The van der Waals surface area contributed by atoms with E-state index in [1.54, 1.807) is 0 Å². The van der Waals surface area contributed by atoms with Crippen molar-refractivity contribution < 1.29 is 0 Å². The highest BCUT2D eigenvalue weighted by atomic mass is 79.9. The van der Waals surface area contributed by atoms with E-state index in [-0.39, 0.29) is 6.04 Å². The number of nitrogens with two attached hydrogens (primary N) is 1. The summed E-state index contributed by atoms with van der Waals surface area (Å²) in [6.45, 7) is 10.5. The normalized spacial score (nSPS) is 13.6. The fourth-order valence-corrected chi connectivity index (χ4v) is 3.02. The van der Waals surface area contributed by atoms with Gasteiger partial charge in [-0.15, -0.1) is 0 Å². The van der Waals surface area contributed by atoms with Crippen molar-refractivity contribution >= 4 is 27.5 Å². The topological polar surface area (TPSA) is 29.3 Å².